The SMILES string of the molecule is CC.CC1CO[C@@H](CN(C)C)C(=O)N1.[HH]. The Morgan fingerprint density at radius 3 is 2.57 bits per heavy atom. The van der Waals surface area contributed by atoms with Crippen LogP contribution in [0.25, 0.3) is 0 Å². The maximum atomic E-state index is 11.3. The highest BCUT2D eigenvalue weighted by Crippen LogP contribution is 2.02. The van der Waals surface area contributed by atoms with Crippen molar-refractivity contribution < 1.29 is 11.0 Å². The molecule has 0 radical (unpaired) electrons. The van der Waals surface area contributed by atoms with Gasteiger partial charge in [-0.25, -0.2) is 0 Å². The normalized spacial score (nSPS) is 26.6. The Morgan fingerprint density at radius 2 is 2.14 bits per heavy atom. The van der Waals surface area contributed by atoms with Gasteiger partial charge < -0.3 is 15.0 Å². The zero-order valence-corrected chi connectivity index (χ0v) is 9.83. The summed E-state index contributed by atoms with van der Waals surface area (Å²) in [7, 11) is 3.85. The molecule has 0 bridgehead atoms. The Kier molecular flexibility index (Phi) is 6.49. The van der Waals surface area contributed by atoms with Crippen molar-refractivity contribution in [2.24, 2.45) is 0 Å². The van der Waals surface area contributed by atoms with Gasteiger partial charge in [-0.05, 0) is 21.0 Å². The van der Waals surface area contributed by atoms with E-state index in [1.54, 1.807) is 0 Å². The Labute approximate surface area is 88.1 Å². The number of likely N-dealkylation sites (N-methyl/N-ethyl adjacent to an activating group) is 1. The molecule has 0 aromatic carbocycles. The zero-order chi connectivity index (χ0) is 11.1. The molecule has 0 spiro atoms. The molecule has 14 heavy (non-hydrogen) atoms. The van der Waals surface area contributed by atoms with Crippen LogP contribution in [-0.2, 0) is 9.53 Å². The molecule has 0 saturated carbocycles. The molecule has 1 aliphatic heterocycles. The first-order valence-corrected chi connectivity index (χ1v) is 5.16. The van der Waals surface area contributed by atoms with Crippen LogP contribution in [0.4, 0.5) is 0 Å². The van der Waals surface area contributed by atoms with Gasteiger partial charge in [-0.3, -0.25) is 4.79 Å². The number of hydrogen-bond acceptors (Lipinski definition) is 3. The quantitative estimate of drug-likeness (QED) is 0.721. The van der Waals surface area contributed by atoms with Crippen LogP contribution in [0.5, 0.6) is 0 Å². The molecule has 0 aliphatic carbocycles. The number of hydrogen-bond donors (Lipinski definition) is 1. The molecule has 86 valence electrons. The van der Waals surface area contributed by atoms with E-state index >= 15 is 0 Å². The highest BCUT2D eigenvalue weighted by Gasteiger charge is 2.26. The fourth-order valence-electron chi connectivity index (χ4n) is 1.18. The monoisotopic (exact) mass is 204 g/mol. The lowest BCUT2D eigenvalue weighted by Crippen LogP contribution is -2.52. The van der Waals surface area contributed by atoms with Crippen LogP contribution in [0.3, 0.4) is 0 Å². The third-order valence-corrected chi connectivity index (χ3v) is 1.76. The topological polar surface area (TPSA) is 41.6 Å². The summed E-state index contributed by atoms with van der Waals surface area (Å²) in [6.07, 6.45) is -0.295. The number of morpholine rings is 1. The first-order valence-electron chi connectivity index (χ1n) is 5.16. The van der Waals surface area contributed by atoms with Gasteiger partial charge in [-0.1, -0.05) is 13.8 Å². The Hall–Kier alpha value is -0.610. The molecular weight excluding hydrogens is 180 g/mol. The average Bonchev–Trinajstić information content (AvgIpc) is 2.13. The summed E-state index contributed by atoms with van der Waals surface area (Å²) >= 11 is 0. The van der Waals surface area contributed by atoms with Crippen molar-refractivity contribution in [3.8, 4) is 0 Å². The molecule has 1 aliphatic rings. The van der Waals surface area contributed by atoms with E-state index in [4.69, 9.17) is 4.74 Å². The van der Waals surface area contributed by atoms with Crippen LogP contribution in [0.2, 0.25) is 0 Å². The molecule has 0 aromatic rings. The lowest BCUT2D eigenvalue weighted by molar-refractivity contribution is -0.141. The second-order valence-corrected chi connectivity index (χ2v) is 3.49. The fraction of sp³-hybridized carbons (Fsp3) is 0.900. The Morgan fingerprint density at radius 1 is 1.57 bits per heavy atom. The van der Waals surface area contributed by atoms with Crippen LogP contribution < -0.4 is 5.32 Å². The number of amides is 1. The van der Waals surface area contributed by atoms with E-state index in [1.165, 1.54) is 0 Å². The van der Waals surface area contributed by atoms with Gasteiger partial charge in [0.25, 0.3) is 5.91 Å². The van der Waals surface area contributed by atoms with E-state index in [2.05, 4.69) is 5.32 Å². The maximum absolute atomic E-state index is 11.3. The van der Waals surface area contributed by atoms with Gasteiger partial charge >= 0.3 is 0 Å². The molecular formula is C10H24N2O2. The summed E-state index contributed by atoms with van der Waals surface area (Å²) in [5.41, 5.74) is 0. The van der Waals surface area contributed by atoms with E-state index in [-0.39, 0.29) is 19.5 Å². The van der Waals surface area contributed by atoms with E-state index in [0.29, 0.717) is 13.2 Å². The highest BCUT2D eigenvalue weighted by molar-refractivity contribution is 5.81. The molecule has 1 unspecified atom stereocenters. The minimum atomic E-state index is -0.295. The number of carbonyl (C=O) groups excluding carboxylic acids is 1. The molecule has 2 atom stereocenters. The summed E-state index contributed by atoms with van der Waals surface area (Å²) in [4.78, 5) is 13.2. The molecule has 1 heterocycles. The average molecular weight is 204 g/mol. The first kappa shape index (κ1) is 13.4. The molecule has 1 amide bonds. The highest BCUT2D eigenvalue weighted by atomic mass is 16.5. The van der Waals surface area contributed by atoms with Gasteiger partial charge in [0.1, 0.15) is 6.10 Å². The number of nitrogens with one attached hydrogen (secondary N) is 1. The molecule has 4 heteroatoms. The van der Waals surface area contributed by atoms with Crippen LogP contribution >= 0.6 is 0 Å². The van der Waals surface area contributed by atoms with Crippen molar-refractivity contribution in [3.05, 3.63) is 0 Å². The zero-order valence-electron chi connectivity index (χ0n) is 9.83. The van der Waals surface area contributed by atoms with Crippen molar-refractivity contribution in [3.63, 3.8) is 0 Å². The Balaban J connectivity index is 0. The van der Waals surface area contributed by atoms with Crippen molar-refractivity contribution in [2.75, 3.05) is 27.2 Å². The van der Waals surface area contributed by atoms with Crippen molar-refractivity contribution in [1.29, 1.82) is 0 Å². The van der Waals surface area contributed by atoms with Gasteiger partial charge in [0, 0.05) is 14.0 Å². The van der Waals surface area contributed by atoms with Gasteiger partial charge in [0.15, 0.2) is 0 Å². The van der Waals surface area contributed by atoms with Crippen LogP contribution in [0, 0.1) is 0 Å². The van der Waals surface area contributed by atoms with Crippen LogP contribution in [-0.4, -0.2) is 50.2 Å². The summed E-state index contributed by atoms with van der Waals surface area (Å²) in [6, 6.07) is 0.149. The summed E-state index contributed by atoms with van der Waals surface area (Å²) in [5, 5.41) is 2.84. The molecule has 1 saturated heterocycles. The lowest BCUT2D eigenvalue weighted by Gasteiger charge is -2.28. The van der Waals surface area contributed by atoms with Crippen molar-refractivity contribution in [1.82, 2.24) is 10.2 Å². The molecule has 1 N–H and O–H groups in total. The molecule has 0 aromatic heterocycles. The second-order valence-electron chi connectivity index (χ2n) is 3.49. The molecule has 1 rings (SSSR count). The smallest absolute Gasteiger partial charge is 0.250 e. The predicted molar refractivity (Wildman–Crippen MR) is 59.4 cm³/mol. The predicted octanol–water partition coefficient (Wildman–Crippen LogP) is 0.724. The first-order chi connectivity index (χ1) is 6.59. The second kappa shape index (κ2) is 6.79. The van der Waals surface area contributed by atoms with Crippen LogP contribution in [0.1, 0.15) is 22.2 Å². The molecule has 4 nitrogen and oxygen atoms in total. The van der Waals surface area contributed by atoms with E-state index in [9.17, 15) is 4.79 Å². The third kappa shape index (κ3) is 4.58. The fourth-order valence-corrected chi connectivity index (χ4v) is 1.18. The maximum Gasteiger partial charge on any atom is 0.250 e. The number of nitrogens with zero attached hydrogens (tertiary/aromatic N) is 1. The Bertz CT molecular complexity index is 177. The molecule has 1 fully saturated rings. The van der Waals surface area contributed by atoms with Gasteiger partial charge in [-0.2, -0.15) is 0 Å². The van der Waals surface area contributed by atoms with E-state index in [0.717, 1.165) is 0 Å². The summed E-state index contributed by atoms with van der Waals surface area (Å²) in [6.45, 7) is 7.20. The van der Waals surface area contributed by atoms with Crippen LogP contribution in [0.15, 0.2) is 0 Å². The van der Waals surface area contributed by atoms with E-state index < -0.39 is 0 Å². The van der Waals surface area contributed by atoms with Gasteiger partial charge in [0.05, 0.1) is 6.61 Å². The minimum Gasteiger partial charge on any atom is -0.365 e. The van der Waals surface area contributed by atoms with E-state index in [1.807, 2.05) is 39.8 Å². The third-order valence-electron chi connectivity index (χ3n) is 1.76. The van der Waals surface area contributed by atoms with Crippen molar-refractivity contribution >= 4 is 5.91 Å². The minimum absolute atomic E-state index is 0. The van der Waals surface area contributed by atoms with Gasteiger partial charge in [-0.15, -0.1) is 0 Å². The van der Waals surface area contributed by atoms with Gasteiger partial charge in [0.2, 0.25) is 0 Å². The number of rotatable bonds is 2. The lowest BCUT2D eigenvalue weighted by atomic mass is 10.2. The summed E-state index contributed by atoms with van der Waals surface area (Å²) < 4.78 is 5.36. The number of ether oxygens (including phenoxy) is 1. The van der Waals surface area contributed by atoms with Crippen molar-refractivity contribution in [2.45, 2.75) is 32.9 Å². The number of carbonyl (C=O) groups is 1. The summed E-state index contributed by atoms with van der Waals surface area (Å²) in [5.74, 6) is 0.00227. The standard InChI is InChI=1S/C8H16N2O2.C2H6.H2/c1-6-5-12-7(4-10(2)3)8(11)9-6;1-2;/h6-7H,4-5H2,1-3H3,(H,9,11);1-2H3;1H/t6?,7-;;/m0../s1. The largest absolute Gasteiger partial charge is 0.365 e.